The lowest BCUT2D eigenvalue weighted by molar-refractivity contribution is 0.139. The van der Waals surface area contributed by atoms with Gasteiger partial charge in [0.05, 0.1) is 0 Å². The van der Waals surface area contributed by atoms with Crippen molar-refractivity contribution in [1.29, 1.82) is 0 Å². The largest absolute Gasteiger partial charge is 0.311 e. The molecule has 0 amide bonds. The molecule has 1 heterocycles. The average molecular weight is 280 g/mol. The summed E-state index contributed by atoms with van der Waals surface area (Å²) in [5.41, 5.74) is 0. The molecule has 0 aromatic heterocycles. The summed E-state index contributed by atoms with van der Waals surface area (Å²) < 4.78 is 0. The Bertz CT molecular complexity index is 258. The Hall–Kier alpha value is -0.0800. The molecular weight excluding hydrogens is 244 g/mol. The van der Waals surface area contributed by atoms with Crippen LogP contribution in [0.2, 0.25) is 0 Å². The molecule has 0 aromatic carbocycles. The SMILES string of the molecule is CCCN1CCCC(C(C)N[C@H](C)C2CCCCC2)C1. The van der Waals surface area contributed by atoms with Gasteiger partial charge in [-0.15, -0.1) is 0 Å². The molecule has 3 atom stereocenters. The second kappa shape index (κ2) is 8.38. The summed E-state index contributed by atoms with van der Waals surface area (Å²) in [5.74, 6) is 1.79. The molecule has 1 N–H and O–H groups in total. The molecule has 0 aromatic rings. The monoisotopic (exact) mass is 280 g/mol. The molecule has 2 fully saturated rings. The van der Waals surface area contributed by atoms with E-state index in [1.54, 1.807) is 0 Å². The van der Waals surface area contributed by atoms with Crippen LogP contribution in [0.15, 0.2) is 0 Å². The Morgan fingerprint density at radius 1 is 0.950 bits per heavy atom. The Kier molecular flexibility index (Phi) is 6.83. The molecule has 1 saturated heterocycles. The molecule has 0 radical (unpaired) electrons. The predicted molar refractivity (Wildman–Crippen MR) is 88.1 cm³/mol. The molecule has 20 heavy (non-hydrogen) atoms. The topological polar surface area (TPSA) is 15.3 Å². The summed E-state index contributed by atoms with van der Waals surface area (Å²) in [6.07, 6.45) is 11.4. The van der Waals surface area contributed by atoms with E-state index in [0.29, 0.717) is 12.1 Å². The summed E-state index contributed by atoms with van der Waals surface area (Å²) >= 11 is 0. The Balaban J connectivity index is 1.76. The highest BCUT2D eigenvalue weighted by Gasteiger charge is 2.27. The standard InChI is InChI=1S/C18H36N2/c1-4-12-20-13-8-11-18(14-20)16(3)19-15(2)17-9-6-5-7-10-17/h15-19H,4-14H2,1-3H3/t15-,16?,18?/m1/s1. The molecule has 2 heteroatoms. The highest BCUT2D eigenvalue weighted by molar-refractivity contribution is 4.84. The van der Waals surface area contributed by atoms with Crippen LogP contribution in [0.1, 0.15) is 72.1 Å². The van der Waals surface area contributed by atoms with Crippen molar-refractivity contribution in [3.05, 3.63) is 0 Å². The first-order chi connectivity index (χ1) is 9.70. The zero-order valence-corrected chi connectivity index (χ0v) is 14.0. The van der Waals surface area contributed by atoms with Gasteiger partial charge in [0.25, 0.3) is 0 Å². The lowest BCUT2D eigenvalue weighted by atomic mass is 9.83. The maximum Gasteiger partial charge on any atom is 0.00818 e. The van der Waals surface area contributed by atoms with E-state index in [2.05, 4.69) is 31.0 Å². The minimum atomic E-state index is 0.687. The molecule has 0 spiro atoms. The second-order valence-electron chi connectivity index (χ2n) is 7.35. The Labute approximate surface area is 126 Å². The van der Waals surface area contributed by atoms with E-state index in [0.717, 1.165) is 11.8 Å². The summed E-state index contributed by atoms with van der Waals surface area (Å²) in [4.78, 5) is 2.68. The normalized spacial score (nSPS) is 29.2. The first-order valence-corrected chi connectivity index (χ1v) is 9.19. The highest BCUT2D eigenvalue weighted by Crippen LogP contribution is 2.27. The van der Waals surface area contributed by atoms with Gasteiger partial charge in [-0.1, -0.05) is 26.2 Å². The Morgan fingerprint density at radius 3 is 2.30 bits per heavy atom. The van der Waals surface area contributed by atoms with Crippen molar-refractivity contribution in [2.75, 3.05) is 19.6 Å². The van der Waals surface area contributed by atoms with Gasteiger partial charge in [-0.05, 0) is 70.9 Å². The summed E-state index contributed by atoms with van der Waals surface area (Å²) in [5, 5.41) is 3.96. The molecule has 1 saturated carbocycles. The average Bonchev–Trinajstić information content (AvgIpc) is 2.48. The highest BCUT2D eigenvalue weighted by atomic mass is 15.1. The van der Waals surface area contributed by atoms with Gasteiger partial charge in [-0.2, -0.15) is 0 Å². The predicted octanol–water partition coefficient (Wildman–Crippen LogP) is 4.06. The number of rotatable bonds is 6. The third-order valence-corrected chi connectivity index (χ3v) is 5.67. The van der Waals surface area contributed by atoms with E-state index in [4.69, 9.17) is 0 Å². The van der Waals surface area contributed by atoms with Gasteiger partial charge < -0.3 is 10.2 Å². The summed E-state index contributed by atoms with van der Waals surface area (Å²) in [6.45, 7) is 11.1. The molecule has 2 unspecified atom stereocenters. The minimum Gasteiger partial charge on any atom is -0.311 e. The fourth-order valence-electron chi connectivity index (χ4n) is 4.34. The fourth-order valence-corrected chi connectivity index (χ4v) is 4.34. The zero-order valence-electron chi connectivity index (χ0n) is 14.0. The van der Waals surface area contributed by atoms with Gasteiger partial charge in [0.1, 0.15) is 0 Å². The van der Waals surface area contributed by atoms with Crippen molar-refractivity contribution >= 4 is 0 Å². The quantitative estimate of drug-likeness (QED) is 0.789. The fraction of sp³-hybridized carbons (Fsp3) is 1.00. The van der Waals surface area contributed by atoms with Gasteiger partial charge in [-0.25, -0.2) is 0 Å². The third-order valence-electron chi connectivity index (χ3n) is 5.67. The number of nitrogens with zero attached hydrogens (tertiary/aromatic N) is 1. The first-order valence-electron chi connectivity index (χ1n) is 9.19. The molecule has 1 aliphatic heterocycles. The van der Waals surface area contributed by atoms with Crippen LogP contribution in [-0.2, 0) is 0 Å². The summed E-state index contributed by atoms with van der Waals surface area (Å²) in [6, 6.07) is 1.40. The van der Waals surface area contributed by atoms with Gasteiger partial charge in [-0.3, -0.25) is 0 Å². The second-order valence-corrected chi connectivity index (χ2v) is 7.35. The van der Waals surface area contributed by atoms with Crippen molar-refractivity contribution in [3.63, 3.8) is 0 Å². The maximum absolute atomic E-state index is 3.96. The van der Waals surface area contributed by atoms with Crippen LogP contribution < -0.4 is 5.32 Å². The number of hydrogen-bond donors (Lipinski definition) is 1. The van der Waals surface area contributed by atoms with Gasteiger partial charge in [0.2, 0.25) is 0 Å². The van der Waals surface area contributed by atoms with Crippen molar-refractivity contribution in [2.24, 2.45) is 11.8 Å². The van der Waals surface area contributed by atoms with E-state index in [1.807, 2.05) is 0 Å². The van der Waals surface area contributed by atoms with Gasteiger partial charge in [0, 0.05) is 18.6 Å². The Morgan fingerprint density at radius 2 is 1.60 bits per heavy atom. The van der Waals surface area contributed by atoms with E-state index >= 15 is 0 Å². The molecule has 2 rings (SSSR count). The van der Waals surface area contributed by atoms with Crippen LogP contribution in [0.5, 0.6) is 0 Å². The lowest BCUT2D eigenvalue weighted by Gasteiger charge is -2.38. The molecule has 1 aliphatic carbocycles. The van der Waals surface area contributed by atoms with Crippen LogP contribution in [0.4, 0.5) is 0 Å². The molecule has 118 valence electrons. The number of nitrogens with one attached hydrogen (secondary N) is 1. The van der Waals surface area contributed by atoms with Crippen molar-refractivity contribution in [3.8, 4) is 0 Å². The van der Waals surface area contributed by atoms with Gasteiger partial charge in [0.15, 0.2) is 0 Å². The van der Waals surface area contributed by atoms with Crippen LogP contribution in [0, 0.1) is 11.8 Å². The van der Waals surface area contributed by atoms with E-state index in [-0.39, 0.29) is 0 Å². The van der Waals surface area contributed by atoms with Crippen molar-refractivity contribution < 1.29 is 0 Å². The van der Waals surface area contributed by atoms with Crippen molar-refractivity contribution in [2.45, 2.75) is 84.2 Å². The number of piperidine rings is 1. The van der Waals surface area contributed by atoms with Crippen LogP contribution in [0.3, 0.4) is 0 Å². The van der Waals surface area contributed by atoms with Crippen LogP contribution in [-0.4, -0.2) is 36.6 Å². The molecular formula is C18H36N2. The van der Waals surface area contributed by atoms with Crippen LogP contribution >= 0.6 is 0 Å². The molecule has 2 nitrogen and oxygen atoms in total. The minimum absolute atomic E-state index is 0.687. The van der Waals surface area contributed by atoms with E-state index in [1.165, 1.54) is 71.0 Å². The van der Waals surface area contributed by atoms with E-state index < -0.39 is 0 Å². The number of likely N-dealkylation sites (tertiary alicyclic amines) is 1. The zero-order chi connectivity index (χ0) is 14.4. The lowest BCUT2D eigenvalue weighted by Crippen LogP contribution is -2.48. The smallest absolute Gasteiger partial charge is 0.00818 e. The maximum atomic E-state index is 3.96. The number of hydrogen-bond acceptors (Lipinski definition) is 2. The first kappa shape index (κ1) is 16.3. The summed E-state index contributed by atoms with van der Waals surface area (Å²) in [7, 11) is 0. The van der Waals surface area contributed by atoms with Gasteiger partial charge >= 0.3 is 0 Å². The van der Waals surface area contributed by atoms with Crippen molar-refractivity contribution in [1.82, 2.24) is 10.2 Å². The molecule has 0 bridgehead atoms. The van der Waals surface area contributed by atoms with E-state index in [9.17, 15) is 0 Å². The third kappa shape index (κ3) is 4.73. The molecule has 2 aliphatic rings. The van der Waals surface area contributed by atoms with Crippen LogP contribution in [0.25, 0.3) is 0 Å².